The average Bonchev–Trinajstić information content (AvgIpc) is 2.84. The van der Waals surface area contributed by atoms with Crippen molar-refractivity contribution in [3.8, 4) is 0 Å². The van der Waals surface area contributed by atoms with E-state index in [1.165, 1.54) is 11.3 Å². The van der Waals surface area contributed by atoms with Gasteiger partial charge in [0, 0.05) is 11.4 Å². The lowest BCUT2D eigenvalue weighted by Crippen LogP contribution is -2.33. The lowest BCUT2D eigenvalue weighted by molar-refractivity contribution is -0.125. The van der Waals surface area contributed by atoms with Gasteiger partial charge in [0.15, 0.2) is 0 Å². The quantitative estimate of drug-likeness (QED) is 0.869. The second-order valence-corrected chi connectivity index (χ2v) is 5.97. The maximum absolute atomic E-state index is 11.9. The number of thiophene rings is 1. The lowest BCUT2D eigenvalue weighted by Gasteiger charge is -2.13. The first kappa shape index (κ1) is 11.9. The summed E-state index contributed by atoms with van der Waals surface area (Å²) in [5.41, 5.74) is 0. The van der Waals surface area contributed by atoms with E-state index in [-0.39, 0.29) is 11.8 Å². The number of rotatable bonds is 3. The van der Waals surface area contributed by atoms with Gasteiger partial charge in [-0.15, -0.1) is 11.3 Å². The number of carbonyl (C=O) groups is 1. The van der Waals surface area contributed by atoms with E-state index in [0.717, 1.165) is 22.3 Å². The Bertz CT molecular complexity index is 380. The van der Waals surface area contributed by atoms with Crippen LogP contribution in [-0.2, 0) is 11.3 Å². The molecular formula is C11H15ClN2OS. The molecule has 16 heavy (non-hydrogen) atoms. The van der Waals surface area contributed by atoms with E-state index in [9.17, 15) is 4.79 Å². The van der Waals surface area contributed by atoms with Crippen molar-refractivity contribution in [2.24, 2.45) is 11.8 Å². The van der Waals surface area contributed by atoms with E-state index in [0.29, 0.717) is 12.5 Å². The normalized spacial score (nSPS) is 24.6. The summed E-state index contributed by atoms with van der Waals surface area (Å²) >= 11 is 7.33. The van der Waals surface area contributed by atoms with Crippen molar-refractivity contribution >= 4 is 28.8 Å². The van der Waals surface area contributed by atoms with Crippen LogP contribution in [0, 0.1) is 11.8 Å². The summed E-state index contributed by atoms with van der Waals surface area (Å²) in [6.45, 7) is 4.41. The molecular weight excluding hydrogens is 244 g/mol. The number of hydrogen-bond donors (Lipinski definition) is 2. The summed E-state index contributed by atoms with van der Waals surface area (Å²) in [5.74, 6) is 0.671. The third-order valence-electron chi connectivity index (χ3n) is 2.92. The van der Waals surface area contributed by atoms with E-state index >= 15 is 0 Å². The molecule has 0 bridgehead atoms. The predicted octanol–water partition coefficient (Wildman–Crippen LogP) is 1.87. The first-order chi connectivity index (χ1) is 7.66. The number of halogens is 1. The Kier molecular flexibility index (Phi) is 3.84. The Morgan fingerprint density at radius 2 is 2.44 bits per heavy atom. The van der Waals surface area contributed by atoms with Crippen molar-refractivity contribution in [2.45, 2.75) is 13.5 Å². The summed E-state index contributed by atoms with van der Waals surface area (Å²) in [7, 11) is 0. The largest absolute Gasteiger partial charge is 0.351 e. The van der Waals surface area contributed by atoms with Gasteiger partial charge in [-0.25, -0.2) is 0 Å². The fourth-order valence-electron chi connectivity index (χ4n) is 1.91. The second kappa shape index (κ2) is 5.17. The van der Waals surface area contributed by atoms with Gasteiger partial charge in [-0.3, -0.25) is 4.79 Å². The van der Waals surface area contributed by atoms with Crippen LogP contribution in [0.25, 0.3) is 0 Å². The third kappa shape index (κ3) is 2.75. The molecule has 2 atom stereocenters. The molecule has 1 aliphatic rings. The zero-order chi connectivity index (χ0) is 11.5. The fourth-order valence-corrected chi connectivity index (χ4v) is 2.94. The number of carbonyl (C=O) groups excluding carboxylic acids is 1. The molecule has 2 heterocycles. The maximum atomic E-state index is 11.9. The highest BCUT2D eigenvalue weighted by molar-refractivity contribution is 7.16. The Balaban J connectivity index is 1.83. The van der Waals surface area contributed by atoms with Gasteiger partial charge in [0.1, 0.15) is 0 Å². The minimum absolute atomic E-state index is 0.107. The molecule has 1 aromatic rings. The molecule has 88 valence electrons. The van der Waals surface area contributed by atoms with Gasteiger partial charge in [0.05, 0.1) is 16.8 Å². The first-order valence-electron chi connectivity index (χ1n) is 5.39. The van der Waals surface area contributed by atoms with Gasteiger partial charge in [0.2, 0.25) is 5.91 Å². The van der Waals surface area contributed by atoms with Crippen LogP contribution in [-0.4, -0.2) is 19.0 Å². The van der Waals surface area contributed by atoms with Gasteiger partial charge >= 0.3 is 0 Å². The zero-order valence-corrected chi connectivity index (χ0v) is 10.7. The molecule has 2 rings (SSSR count). The van der Waals surface area contributed by atoms with Gasteiger partial charge in [0.25, 0.3) is 0 Å². The molecule has 1 aliphatic heterocycles. The standard InChI is InChI=1S/C11H15ClN2OS/c1-7-4-13-6-9(7)11(15)14-5-8-2-3-10(12)16-8/h2-3,7,9,13H,4-6H2,1H3,(H,14,15)/t7-,9-/m1/s1. The Labute approximate surface area is 104 Å². The second-order valence-electron chi connectivity index (χ2n) is 4.17. The minimum atomic E-state index is 0.107. The van der Waals surface area contributed by atoms with Gasteiger partial charge in [-0.2, -0.15) is 0 Å². The van der Waals surface area contributed by atoms with Crippen LogP contribution in [0.4, 0.5) is 0 Å². The van der Waals surface area contributed by atoms with Crippen LogP contribution in [0.15, 0.2) is 12.1 Å². The summed E-state index contributed by atoms with van der Waals surface area (Å²) in [4.78, 5) is 13.0. The molecule has 1 saturated heterocycles. The van der Waals surface area contributed by atoms with Crippen LogP contribution < -0.4 is 10.6 Å². The third-order valence-corrected chi connectivity index (χ3v) is 4.15. The molecule has 1 amide bonds. The van der Waals surface area contributed by atoms with E-state index < -0.39 is 0 Å². The van der Waals surface area contributed by atoms with Crippen molar-refractivity contribution in [3.05, 3.63) is 21.3 Å². The summed E-state index contributed by atoms with van der Waals surface area (Å²) in [5, 5.41) is 6.18. The van der Waals surface area contributed by atoms with E-state index in [4.69, 9.17) is 11.6 Å². The van der Waals surface area contributed by atoms with E-state index in [1.54, 1.807) is 0 Å². The molecule has 0 radical (unpaired) electrons. The molecule has 0 aromatic carbocycles. The number of nitrogens with one attached hydrogen (secondary N) is 2. The Hall–Kier alpha value is -0.580. The molecule has 5 heteroatoms. The summed E-state index contributed by atoms with van der Waals surface area (Å²) in [6.07, 6.45) is 0. The number of amides is 1. The topological polar surface area (TPSA) is 41.1 Å². The van der Waals surface area contributed by atoms with Crippen LogP contribution in [0.1, 0.15) is 11.8 Å². The average molecular weight is 259 g/mol. The smallest absolute Gasteiger partial charge is 0.225 e. The van der Waals surface area contributed by atoms with Gasteiger partial charge < -0.3 is 10.6 Å². The highest BCUT2D eigenvalue weighted by Crippen LogP contribution is 2.21. The molecule has 1 fully saturated rings. The molecule has 0 saturated carbocycles. The minimum Gasteiger partial charge on any atom is -0.351 e. The van der Waals surface area contributed by atoms with Gasteiger partial charge in [-0.05, 0) is 24.6 Å². The Morgan fingerprint density at radius 3 is 3.00 bits per heavy atom. The van der Waals surface area contributed by atoms with Gasteiger partial charge in [-0.1, -0.05) is 18.5 Å². The SMILES string of the molecule is C[C@@H]1CNC[C@H]1C(=O)NCc1ccc(Cl)s1. The number of hydrogen-bond acceptors (Lipinski definition) is 3. The summed E-state index contributed by atoms with van der Waals surface area (Å²) in [6, 6.07) is 3.80. The van der Waals surface area contributed by atoms with E-state index in [1.807, 2.05) is 12.1 Å². The fraction of sp³-hybridized carbons (Fsp3) is 0.545. The monoisotopic (exact) mass is 258 g/mol. The highest BCUT2D eigenvalue weighted by Gasteiger charge is 2.29. The van der Waals surface area contributed by atoms with Crippen LogP contribution in [0.3, 0.4) is 0 Å². The molecule has 0 aliphatic carbocycles. The van der Waals surface area contributed by atoms with Crippen molar-refractivity contribution in [1.82, 2.24) is 10.6 Å². The predicted molar refractivity (Wildman–Crippen MR) is 66.7 cm³/mol. The molecule has 2 N–H and O–H groups in total. The van der Waals surface area contributed by atoms with Crippen molar-refractivity contribution in [1.29, 1.82) is 0 Å². The van der Waals surface area contributed by atoms with Crippen molar-refractivity contribution in [2.75, 3.05) is 13.1 Å². The van der Waals surface area contributed by atoms with Crippen molar-refractivity contribution in [3.63, 3.8) is 0 Å². The maximum Gasteiger partial charge on any atom is 0.225 e. The lowest BCUT2D eigenvalue weighted by atomic mass is 9.97. The van der Waals surface area contributed by atoms with Crippen LogP contribution >= 0.6 is 22.9 Å². The molecule has 0 spiro atoms. The van der Waals surface area contributed by atoms with Crippen LogP contribution in [0.2, 0.25) is 4.34 Å². The zero-order valence-electron chi connectivity index (χ0n) is 9.13. The summed E-state index contributed by atoms with van der Waals surface area (Å²) < 4.78 is 0.764. The molecule has 0 unspecified atom stereocenters. The van der Waals surface area contributed by atoms with Crippen molar-refractivity contribution < 1.29 is 4.79 Å². The van der Waals surface area contributed by atoms with Crippen LogP contribution in [0.5, 0.6) is 0 Å². The molecule has 3 nitrogen and oxygen atoms in total. The molecule has 1 aromatic heterocycles. The Morgan fingerprint density at radius 1 is 1.62 bits per heavy atom. The van der Waals surface area contributed by atoms with E-state index in [2.05, 4.69) is 17.6 Å². The highest BCUT2D eigenvalue weighted by atomic mass is 35.5. The first-order valence-corrected chi connectivity index (χ1v) is 6.59.